The van der Waals surface area contributed by atoms with Crippen LogP contribution in [0.2, 0.25) is 0 Å². The summed E-state index contributed by atoms with van der Waals surface area (Å²) in [5, 5.41) is 33.2. The van der Waals surface area contributed by atoms with Crippen LogP contribution in [0.3, 0.4) is 0 Å². The fraction of sp³-hybridized carbons (Fsp3) is 0.125. The molecule has 0 aliphatic rings. The lowest BCUT2D eigenvalue weighted by atomic mass is 10.1. The Bertz CT molecular complexity index is 941. The van der Waals surface area contributed by atoms with E-state index in [1.807, 2.05) is 0 Å². The number of carbonyl (C=O) groups excluding carboxylic acids is 1. The van der Waals surface area contributed by atoms with E-state index in [9.17, 15) is 29.8 Å². The molecule has 0 spiro atoms. The van der Waals surface area contributed by atoms with Crippen LogP contribution in [0, 0.1) is 27.2 Å². The van der Waals surface area contributed by atoms with Gasteiger partial charge in [-0.25, -0.2) is 4.79 Å². The second kappa shape index (κ2) is 7.91. The van der Waals surface area contributed by atoms with Gasteiger partial charge in [-0.3, -0.25) is 25.0 Å². The number of ether oxygens (including phenoxy) is 1. The highest BCUT2D eigenvalue weighted by molar-refractivity contribution is 5.95. The highest BCUT2D eigenvalue weighted by Crippen LogP contribution is 2.31. The van der Waals surface area contributed by atoms with Crippen molar-refractivity contribution in [3.63, 3.8) is 0 Å². The molecule has 2 aromatic rings. The lowest BCUT2D eigenvalue weighted by molar-refractivity contribution is -0.394. The van der Waals surface area contributed by atoms with Crippen LogP contribution in [-0.4, -0.2) is 33.4 Å². The van der Waals surface area contributed by atoms with Gasteiger partial charge in [-0.2, -0.15) is 0 Å². The molecule has 2 rings (SSSR count). The quantitative estimate of drug-likeness (QED) is 0.551. The van der Waals surface area contributed by atoms with Gasteiger partial charge in [0.15, 0.2) is 12.4 Å². The van der Waals surface area contributed by atoms with E-state index in [-0.39, 0.29) is 17.0 Å². The number of hydrogen-bond donors (Lipinski definition) is 2. The van der Waals surface area contributed by atoms with Gasteiger partial charge in [-0.05, 0) is 30.7 Å². The van der Waals surface area contributed by atoms with E-state index in [2.05, 4.69) is 5.32 Å². The monoisotopic (exact) mass is 375 g/mol. The Morgan fingerprint density at radius 3 is 2.41 bits per heavy atom. The van der Waals surface area contributed by atoms with Crippen molar-refractivity contribution in [3.8, 4) is 5.75 Å². The molecule has 0 aromatic heterocycles. The number of non-ortho nitro benzene ring substituents is 1. The number of benzene rings is 2. The Morgan fingerprint density at radius 2 is 1.81 bits per heavy atom. The number of nitro benzene ring substituents is 2. The molecule has 1 amide bonds. The number of rotatable bonds is 7. The van der Waals surface area contributed by atoms with Gasteiger partial charge in [0.25, 0.3) is 11.6 Å². The first-order chi connectivity index (χ1) is 12.7. The second-order valence-electron chi connectivity index (χ2n) is 5.34. The largest absolute Gasteiger partial charge is 0.478 e. The van der Waals surface area contributed by atoms with Gasteiger partial charge >= 0.3 is 11.7 Å². The lowest BCUT2D eigenvalue weighted by Crippen LogP contribution is -2.21. The van der Waals surface area contributed by atoms with Crippen LogP contribution < -0.4 is 10.1 Å². The van der Waals surface area contributed by atoms with Crippen molar-refractivity contribution in [1.82, 2.24) is 0 Å². The SMILES string of the molecule is Cc1ccc(C(=O)O)cc1NC(=O)COc1ccc([N+](=O)[O-])cc1[N+](=O)[O-]. The number of hydrogen-bond acceptors (Lipinski definition) is 7. The molecule has 0 saturated heterocycles. The molecule has 2 N–H and O–H groups in total. The zero-order chi connectivity index (χ0) is 20.1. The fourth-order valence-corrected chi connectivity index (χ4v) is 2.10. The minimum absolute atomic E-state index is 0.0252. The molecule has 0 atom stereocenters. The molecule has 0 fully saturated rings. The number of aryl methyl sites for hydroxylation is 1. The first-order valence-corrected chi connectivity index (χ1v) is 7.38. The molecule has 0 aliphatic heterocycles. The van der Waals surface area contributed by atoms with Crippen LogP contribution in [0.15, 0.2) is 36.4 Å². The minimum atomic E-state index is -1.16. The van der Waals surface area contributed by atoms with E-state index in [1.54, 1.807) is 6.92 Å². The van der Waals surface area contributed by atoms with Crippen molar-refractivity contribution >= 4 is 28.9 Å². The van der Waals surface area contributed by atoms with Crippen molar-refractivity contribution in [2.75, 3.05) is 11.9 Å². The Hall–Kier alpha value is -4.02. The fourth-order valence-electron chi connectivity index (χ4n) is 2.10. The Balaban J connectivity index is 2.12. The number of nitrogens with one attached hydrogen (secondary N) is 1. The second-order valence-corrected chi connectivity index (χ2v) is 5.34. The number of carbonyl (C=O) groups is 2. The highest BCUT2D eigenvalue weighted by atomic mass is 16.6. The maximum atomic E-state index is 12.0. The van der Waals surface area contributed by atoms with E-state index in [0.717, 1.165) is 18.2 Å². The van der Waals surface area contributed by atoms with Crippen LogP contribution in [0.1, 0.15) is 15.9 Å². The highest BCUT2D eigenvalue weighted by Gasteiger charge is 2.21. The van der Waals surface area contributed by atoms with E-state index in [4.69, 9.17) is 9.84 Å². The third-order valence-corrected chi connectivity index (χ3v) is 3.47. The van der Waals surface area contributed by atoms with E-state index in [0.29, 0.717) is 5.56 Å². The van der Waals surface area contributed by atoms with Gasteiger partial charge in [-0.15, -0.1) is 0 Å². The Labute approximate surface area is 151 Å². The summed E-state index contributed by atoms with van der Waals surface area (Å²) in [5.41, 5.74) is -0.306. The first-order valence-electron chi connectivity index (χ1n) is 7.38. The molecule has 0 unspecified atom stereocenters. The summed E-state index contributed by atoms with van der Waals surface area (Å²) >= 11 is 0. The van der Waals surface area contributed by atoms with Crippen molar-refractivity contribution in [1.29, 1.82) is 0 Å². The van der Waals surface area contributed by atoms with E-state index in [1.165, 1.54) is 18.2 Å². The minimum Gasteiger partial charge on any atom is -0.478 e. The maximum Gasteiger partial charge on any atom is 0.335 e. The van der Waals surface area contributed by atoms with Crippen LogP contribution >= 0.6 is 0 Å². The van der Waals surface area contributed by atoms with Gasteiger partial charge in [0.05, 0.1) is 21.5 Å². The van der Waals surface area contributed by atoms with Crippen molar-refractivity contribution < 1.29 is 29.3 Å². The summed E-state index contributed by atoms with van der Waals surface area (Å²) in [6.07, 6.45) is 0. The zero-order valence-electron chi connectivity index (χ0n) is 13.9. The van der Waals surface area contributed by atoms with Gasteiger partial charge < -0.3 is 15.2 Å². The van der Waals surface area contributed by atoms with Crippen molar-refractivity contribution in [3.05, 3.63) is 67.8 Å². The number of nitro groups is 2. The van der Waals surface area contributed by atoms with Crippen LogP contribution in [0.5, 0.6) is 5.75 Å². The zero-order valence-corrected chi connectivity index (χ0v) is 13.9. The topological polar surface area (TPSA) is 162 Å². The molecule has 2 aromatic carbocycles. The van der Waals surface area contributed by atoms with E-state index >= 15 is 0 Å². The maximum absolute atomic E-state index is 12.0. The predicted octanol–water partition coefficient (Wildman–Crippen LogP) is 2.53. The van der Waals surface area contributed by atoms with Gasteiger partial charge in [0.2, 0.25) is 0 Å². The van der Waals surface area contributed by atoms with Gasteiger partial charge in [0.1, 0.15) is 0 Å². The molecule has 140 valence electrons. The molecule has 0 bridgehead atoms. The van der Waals surface area contributed by atoms with Crippen LogP contribution in [-0.2, 0) is 4.79 Å². The van der Waals surface area contributed by atoms with Crippen molar-refractivity contribution in [2.45, 2.75) is 6.92 Å². The summed E-state index contributed by atoms with van der Waals surface area (Å²) in [4.78, 5) is 43.1. The summed E-state index contributed by atoms with van der Waals surface area (Å²) in [6.45, 7) is 1.04. The molecule has 0 radical (unpaired) electrons. The summed E-state index contributed by atoms with van der Waals surface area (Å²) in [5.74, 6) is -2.16. The normalized spacial score (nSPS) is 10.1. The molecule has 0 aliphatic carbocycles. The van der Waals surface area contributed by atoms with Gasteiger partial charge in [0, 0.05) is 11.8 Å². The molecule has 0 saturated carbocycles. The average molecular weight is 375 g/mol. The predicted molar refractivity (Wildman–Crippen MR) is 92.0 cm³/mol. The van der Waals surface area contributed by atoms with Crippen LogP contribution in [0.25, 0.3) is 0 Å². The number of carboxylic acids is 1. The standard InChI is InChI=1S/C16H13N3O8/c1-9-2-3-10(16(21)22)6-12(9)17-15(20)8-27-14-5-4-11(18(23)24)7-13(14)19(25)26/h2-7H,8H2,1H3,(H,17,20)(H,21,22). The summed E-state index contributed by atoms with van der Waals surface area (Å²) < 4.78 is 5.09. The third-order valence-electron chi connectivity index (χ3n) is 3.47. The average Bonchev–Trinajstić information content (AvgIpc) is 2.61. The molecule has 27 heavy (non-hydrogen) atoms. The molecule has 11 nitrogen and oxygen atoms in total. The summed E-state index contributed by atoms with van der Waals surface area (Å²) in [7, 11) is 0. The van der Waals surface area contributed by atoms with E-state index < -0.39 is 39.7 Å². The number of amides is 1. The van der Waals surface area contributed by atoms with Crippen molar-refractivity contribution in [2.24, 2.45) is 0 Å². The molecular weight excluding hydrogens is 362 g/mol. The van der Waals surface area contributed by atoms with Gasteiger partial charge in [-0.1, -0.05) is 6.07 Å². The molecular formula is C16H13N3O8. The Kier molecular flexibility index (Phi) is 5.65. The number of anilines is 1. The molecule has 0 heterocycles. The smallest absolute Gasteiger partial charge is 0.335 e. The number of carboxylic acid groups (broad SMARTS) is 1. The lowest BCUT2D eigenvalue weighted by Gasteiger charge is -2.10. The Morgan fingerprint density at radius 1 is 1.11 bits per heavy atom. The van der Waals surface area contributed by atoms with Crippen LogP contribution in [0.4, 0.5) is 17.1 Å². The third kappa shape index (κ3) is 4.75. The number of aromatic carboxylic acids is 1. The molecule has 11 heteroatoms. The first kappa shape index (κ1) is 19.3. The number of nitrogens with zero attached hydrogens (tertiary/aromatic N) is 2. The summed E-state index contributed by atoms with van der Waals surface area (Å²) in [6, 6.07) is 6.93.